The zero-order chi connectivity index (χ0) is 21.2. The molecule has 0 saturated heterocycles. The third-order valence-corrected chi connectivity index (χ3v) is 5.52. The van der Waals surface area contributed by atoms with Crippen LogP contribution in [0.1, 0.15) is 38.3 Å². The van der Waals surface area contributed by atoms with E-state index in [0.29, 0.717) is 11.7 Å². The predicted octanol–water partition coefficient (Wildman–Crippen LogP) is 5.13. The van der Waals surface area contributed by atoms with Gasteiger partial charge in [0.15, 0.2) is 5.13 Å². The molecule has 29 heavy (non-hydrogen) atoms. The van der Waals surface area contributed by atoms with Crippen molar-refractivity contribution in [2.24, 2.45) is 5.41 Å². The van der Waals surface area contributed by atoms with Gasteiger partial charge in [0.05, 0.1) is 15.9 Å². The molecule has 0 fully saturated rings. The first-order chi connectivity index (χ1) is 13.6. The summed E-state index contributed by atoms with van der Waals surface area (Å²) in [7, 11) is 0. The van der Waals surface area contributed by atoms with Gasteiger partial charge in [0.2, 0.25) is 11.8 Å². The third-order valence-electron chi connectivity index (χ3n) is 4.49. The van der Waals surface area contributed by atoms with E-state index in [1.54, 1.807) is 4.90 Å². The number of carbonyl (C=O) groups excluding carboxylic acids is 2. The second-order valence-corrected chi connectivity index (χ2v) is 9.30. The Morgan fingerprint density at radius 1 is 1.07 bits per heavy atom. The van der Waals surface area contributed by atoms with Crippen molar-refractivity contribution in [1.82, 2.24) is 10.3 Å². The lowest BCUT2D eigenvalue weighted by molar-refractivity contribution is -0.128. The number of rotatable bonds is 5. The third kappa shape index (κ3) is 5.01. The van der Waals surface area contributed by atoms with E-state index in [9.17, 15) is 9.59 Å². The van der Waals surface area contributed by atoms with E-state index in [1.807, 2.05) is 71.0 Å². The Morgan fingerprint density at radius 3 is 2.34 bits per heavy atom. The zero-order valence-corrected chi connectivity index (χ0v) is 18.4. The molecule has 2 amide bonds. The van der Waals surface area contributed by atoms with Gasteiger partial charge < -0.3 is 5.32 Å². The van der Waals surface area contributed by atoms with Crippen LogP contribution in [0.25, 0.3) is 10.2 Å². The van der Waals surface area contributed by atoms with Crippen molar-refractivity contribution in [3.05, 3.63) is 53.6 Å². The van der Waals surface area contributed by atoms with E-state index in [4.69, 9.17) is 0 Å². The maximum Gasteiger partial charge on any atom is 0.235 e. The summed E-state index contributed by atoms with van der Waals surface area (Å²) in [5, 5.41) is 3.50. The molecule has 3 aromatic rings. The molecule has 1 N–H and O–H groups in total. The SMILES string of the molecule is Cc1cc(C)cc(N(C(=O)CCNC(=O)C(C)(C)C)c2nc3ccccc3s2)c1. The number of aryl methyl sites for hydroxylation is 2. The Hall–Kier alpha value is -2.73. The van der Waals surface area contributed by atoms with Gasteiger partial charge >= 0.3 is 0 Å². The van der Waals surface area contributed by atoms with Crippen LogP contribution in [-0.2, 0) is 9.59 Å². The second-order valence-electron chi connectivity index (χ2n) is 8.30. The second kappa shape index (κ2) is 8.33. The van der Waals surface area contributed by atoms with E-state index < -0.39 is 5.41 Å². The van der Waals surface area contributed by atoms with Crippen LogP contribution < -0.4 is 10.2 Å². The first kappa shape index (κ1) is 21.0. The highest BCUT2D eigenvalue weighted by Crippen LogP contribution is 2.34. The summed E-state index contributed by atoms with van der Waals surface area (Å²) >= 11 is 1.49. The van der Waals surface area contributed by atoms with Gasteiger partial charge in [-0.25, -0.2) is 4.98 Å². The summed E-state index contributed by atoms with van der Waals surface area (Å²) in [5.41, 5.74) is 3.35. The maximum atomic E-state index is 13.2. The highest BCUT2D eigenvalue weighted by molar-refractivity contribution is 7.22. The minimum atomic E-state index is -0.483. The quantitative estimate of drug-likeness (QED) is 0.635. The molecule has 152 valence electrons. The van der Waals surface area contributed by atoms with E-state index >= 15 is 0 Å². The largest absolute Gasteiger partial charge is 0.355 e. The molecule has 0 aliphatic carbocycles. The lowest BCUT2D eigenvalue weighted by Gasteiger charge is -2.22. The lowest BCUT2D eigenvalue weighted by atomic mass is 9.96. The van der Waals surface area contributed by atoms with E-state index in [0.717, 1.165) is 27.0 Å². The molecule has 1 heterocycles. The standard InChI is InChI=1S/C23H27N3O2S/c1-15-12-16(2)14-17(13-15)26(20(27)10-11-24-21(28)23(3,4)5)22-25-18-8-6-7-9-19(18)29-22/h6-9,12-14H,10-11H2,1-5H3,(H,24,28). The number of carbonyl (C=O) groups is 2. The van der Waals surface area contributed by atoms with E-state index in [2.05, 4.69) is 16.4 Å². The monoisotopic (exact) mass is 409 g/mol. The number of aromatic nitrogens is 1. The number of nitrogens with zero attached hydrogens (tertiary/aromatic N) is 2. The molecular weight excluding hydrogens is 382 g/mol. The number of thiazole rings is 1. The van der Waals surface area contributed by atoms with Gasteiger partial charge in [-0.2, -0.15) is 0 Å². The fourth-order valence-electron chi connectivity index (χ4n) is 3.06. The molecule has 0 radical (unpaired) electrons. The molecule has 3 rings (SSSR count). The van der Waals surface area contributed by atoms with Crippen LogP contribution in [-0.4, -0.2) is 23.3 Å². The van der Waals surface area contributed by atoms with Crippen LogP contribution in [0.15, 0.2) is 42.5 Å². The molecule has 0 bridgehead atoms. The van der Waals surface area contributed by atoms with Gasteiger partial charge in [0.1, 0.15) is 0 Å². The molecule has 0 aliphatic rings. The first-order valence-corrected chi connectivity index (χ1v) is 10.5. The van der Waals surface area contributed by atoms with Crippen LogP contribution in [0.3, 0.4) is 0 Å². The van der Waals surface area contributed by atoms with Crippen molar-refractivity contribution in [3.8, 4) is 0 Å². The molecule has 6 heteroatoms. The fraction of sp³-hybridized carbons (Fsp3) is 0.348. The number of hydrogen-bond donors (Lipinski definition) is 1. The summed E-state index contributed by atoms with van der Waals surface area (Å²) < 4.78 is 1.03. The minimum Gasteiger partial charge on any atom is -0.355 e. The summed E-state index contributed by atoms with van der Waals surface area (Å²) in [6.45, 7) is 9.89. The van der Waals surface area contributed by atoms with Crippen molar-refractivity contribution >= 4 is 44.2 Å². The highest BCUT2D eigenvalue weighted by Gasteiger charge is 2.24. The zero-order valence-electron chi connectivity index (χ0n) is 17.6. The maximum absolute atomic E-state index is 13.2. The molecular formula is C23H27N3O2S. The summed E-state index contributed by atoms with van der Waals surface area (Å²) in [6.07, 6.45) is 0.199. The average molecular weight is 410 g/mol. The number of hydrogen-bond acceptors (Lipinski definition) is 4. The number of nitrogens with one attached hydrogen (secondary N) is 1. The molecule has 0 unspecified atom stereocenters. The number of amides is 2. The van der Waals surface area contributed by atoms with Crippen molar-refractivity contribution < 1.29 is 9.59 Å². The Morgan fingerprint density at radius 2 is 1.72 bits per heavy atom. The summed E-state index contributed by atoms with van der Waals surface area (Å²) in [6, 6.07) is 13.9. The smallest absolute Gasteiger partial charge is 0.235 e. The fourth-order valence-corrected chi connectivity index (χ4v) is 4.06. The van der Waals surface area contributed by atoms with Crippen LogP contribution >= 0.6 is 11.3 Å². The number of para-hydroxylation sites is 1. The molecule has 0 aliphatic heterocycles. The van der Waals surface area contributed by atoms with Crippen molar-refractivity contribution in [1.29, 1.82) is 0 Å². The van der Waals surface area contributed by atoms with E-state index in [1.165, 1.54) is 11.3 Å². The van der Waals surface area contributed by atoms with Crippen LogP contribution in [0, 0.1) is 19.3 Å². The van der Waals surface area contributed by atoms with Gasteiger partial charge in [-0.1, -0.05) is 50.3 Å². The average Bonchev–Trinajstić information content (AvgIpc) is 3.03. The normalized spacial score (nSPS) is 11.5. The van der Waals surface area contributed by atoms with Gasteiger partial charge in [-0.3, -0.25) is 14.5 Å². The summed E-state index contributed by atoms with van der Waals surface area (Å²) in [5.74, 6) is -0.161. The van der Waals surface area contributed by atoms with Crippen LogP contribution in [0.2, 0.25) is 0 Å². The van der Waals surface area contributed by atoms with Crippen molar-refractivity contribution in [3.63, 3.8) is 0 Å². The van der Waals surface area contributed by atoms with Gasteiger partial charge in [-0.15, -0.1) is 0 Å². The Kier molecular flexibility index (Phi) is 6.03. The number of fused-ring (bicyclic) bond motifs is 1. The lowest BCUT2D eigenvalue weighted by Crippen LogP contribution is -2.37. The van der Waals surface area contributed by atoms with Crippen molar-refractivity contribution in [2.75, 3.05) is 11.4 Å². The minimum absolute atomic E-state index is 0.0664. The summed E-state index contributed by atoms with van der Waals surface area (Å²) in [4.78, 5) is 31.7. The highest BCUT2D eigenvalue weighted by atomic mass is 32.1. The molecule has 2 aromatic carbocycles. The Labute approximate surface area is 175 Å². The molecule has 0 atom stereocenters. The van der Waals surface area contributed by atoms with Crippen molar-refractivity contribution in [2.45, 2.75) is 41.0 Å². The predicted molar refractivity (Wildman–Crippen MR) is 120 cm³/mol. The molecule has 0 spiro atoms. The van der Waals surface area contributed by atoms with Gasteiger partial charge in [0, 0.05) is 18.4 Å². The Balaban J connectivity index is 1.90. The van der Waals surface area contributed by atoms with E-state index in [-0.39, 0.29) is 18.2 Å². The number of benzene rings is 2. The van der Waals surface area contributed by atoms with Gasteiger partial charge in [-0.05, 0) is 49.2 Å². The molecule has 0 saturated carbocycles. The molecule has 5 nitrogen and oxygen atoms in total. The van der Waals surface area contributed by atoms with Crippen LogP contribution in [0.5, 0.6) is 0 Å². The molecule has 1 aromatic heterocycles. The number of anilines is 2. The van der Waals surface area contributed by atoms with Crippen LogP contribution in [0.4, 0.5) is 10.8 Å². The Bertz CT molecular complexity index is 996. The van der Waals surface area contributed by atoms with Gasteiger partial charge in [0.25, 0.3) is 0 Å². The first-order valence-electron chi connectivity index (χ1n) is 9.70. The topological polar surface area (TPSA) is 62.3 Å².